The van der Waals surface area contributed by atoms with Gasteiger partial charge in [0.25, 0.3) is 0 Å². The minimum absolute atomic E-state index is 0.287. The Morgan fingerprint density at radius 1 is 1.58 bits per heavy atom. The van der Waals surface area contributed by atoms with Crippen molar-refractivity contribution in [3.8, 4) is 0 Å². The number of piperazine rings is 1. The van der Waals surface area contributed by atoms with Gasteiger partial charge in [0.1, 0.15) is 0 Å². The van der Waals surface area contributed by atoms with Crippen LogP contribution in [-0.2, 0) is 4.79 Å². The van der Waals surface area contributed by atoms with Gasteiger partial charge in [0, 0.05) is 32.1 Å². The zero-order valence-electron chi connectivity index (χ0n) is 7.97. The summed E-state index contributed by atoms with van der Waals surface area (Å²) in [5.74, 6) is 0.287. The van der Waals surface area contributed by atoms with Crippen LogP contribution in [-0.4, -0.2) is 36.5 Å². The Balaban J connectivity index is 2.40. The van der Waals surface area contributed by atoms with Crippen LogP contribution < -0.4 is 5.32 Å². The zero-order chi connectivity index (χ0) is 8.97. The fourth-order valence-corrected chi connectivity index (χ4v) is 1.55. The van der Waals surface area contributed by atoms with Crippen LogP contribution in [0.25, 0.3) is 0 Å². The van der Waals surface area contributed by atoms with Gasteiger partial charge in [-0.05, 0) is 6.42 Å². The molecule has 1 rings (SSSR count). The molecule has 0 saturated carbocycles. The van der Waals surface area contributed by atoms with Crippen molar-refractivity contribution in [2.24, 2.45) is 0 Å². The molecule has 1 aliphatic heterocycles. The Bertz CT molecular complexity index is 159. The molecule has 1 heterocycles. The van der Waals surface area contributed by atoms with Gasteiger partial charge in [0.05, 0.1) is 0 Å². The SMILES string of the molecule is CCC(=O)N1CCNC(CC)C1. The summed E-state index contributed by atoms with van der Waals surface area (Å²) in [4.78, 5) is 13.3. The third kappa shape index (κ3) is 2.21. The molecule has 0 aliphatic carbocycles. The second-order valence-electron chi connectivity index (χ2n) is 3.25. The minimum Gasteiger partial charge on any atom is -0.340 e. The van der Waals surface area contributed by atoms with E-state index in [2.05, 4.69) is 12.2 Å². The smallest absolute Gasteiger partial charge is 0.222 e. The molecule has 1 unspecified atom stereocenters. The van der Waals surface area contributed by atoms with Crippen LogP contribution in [0.2, 0.25) is 0 Å². The Morgan fingerprint density at radius 3 is 2.92 bits per heavy atom. The largest absolute Gasteiger partial charge is 0.340 e. The van der Waals surface area contributed by atoms with Gasteiger partial charge in [-0.25, -0.2) is 0 Å². The molecule has 0 bridgehead atoms. The number of hydrogen-bond acceptors (Lipinski definition) is 2. The normalized spacial score (nSPS) is 24.2. The van der Waals surface area contributed by atoms with E-state index in [1.807, 2.05) is 11.8 Å². The van der Waals surface area contributed by atoms with Crippen LogP contribution >= 0.6 is 0 Å². The van der Waals surface area contributed by atoms with E-state index < -0.39 is 0 Å². The van der Waals surface area contributed by atoms with Crippen LogP contribution in [0.4, 0.5) is 0 Å². The fourth-order valence-electron chi connectivity index (χ4n) is 1.55. The number of nitrogens with zero attached hydrogens (tertiary/aromatic N) is 1. The maximum absolute atomic E-state index is 11.3. The monoisotopic (exact) mass is 170 g/mol. The van der Waals surface area contributed by atoms with E-state index in [0.717, 1.165) is 26.1 Å². The van der Waals surface area contributed by atoms with Crippen LogP contribution in [0, 0.1) is 0 Å². The first-order valence-corrected chi connectivity index (χ1v) is 4.79. The highest BCUT2D eigenvalue weighted by atomic mass is 16.2. The predicted molar refractivity (Wildman–Crippen MR) is 49.0 cm³/mol. The van der Waals surface area contributed by atoms with E-state index in [1.165, 1.54) is 0 Å². The van der Waals surface area contributed by atoms with Crippen molar-refractivity contribution in [1.82, 2.24) is 10.2 Å². The summed E-state index contributed by atoms with van der Waals surface area (Å²) in [6, 6.07) is 0.509. The minimum atomic E-state index is 0.287. The molecule has 0 aromatic heterocycles. The molecule has 1 saturated heterocycles. The Morgan fingerprint density at radius 2 is 2.33 bits per heavy atom. The number of amides is 1. The summed E-state index contributed by atoms with van der Waals surface area (Å²) in [7, 11) is 0. The van der Waals surface area contributed by atoms with Gasteiger partial charge in [-0.15, -0.1) is 0 Å². The van der Waals surface area contributed by atoms with E-state index in [0.29, 0.717) is 12.5 Å². The van der Waals surface area contributed by atoms with E-state index in [-0.39, 0.29) is 5.91 Å². The molecule has 1 N–H and O–H groups in total. The molecule has 1 fully saturated rings. The third-order valence-electron chi connectivity index (χ3n) is 2.40. The Labute approximate surface area is 74.1 Å². The van der Waals surface area contributed by atoms with Gasteiger partial charge in [-0.2, -0.15) is 0 Å². The first-order valence-electron chi connectivity index (χ1n) is 4.79. The van der Waals surface area contributed by atoms with E-state index >= 15 is 0 Å². The maximum Gasteiger partial charge on any atom is 0.222 e. The highest BCUT2D eigenvalue weighted by Gasteiger charge is 2.20. The highest BCUT2D eigenvalue weighted by Crippen LogP contribution is 2.03. The molecule has 0 spiro atoms. The topological polar surface area (TPSA) is 32.3 Å². The summed E-state index contributed by atoms with van der Waals surface area (Å²) in [6.07, 6.45) is 1.74. The van der Waals surface area contributed by atoms with Crippen molar-refractivity contribution in [1.29, 1.82) is 0 Å². The molecule has 70 valence electrons. The Kier molecular flexibility index (Phi) is 3.53. The number of carbonyl (C=O) groups excluding carboxylic acids is 1. The summed E-state index contributed by atoms with van der Waals surface area (Å²) < 4.78 is 0. The van der Waals surface area contributed by atoms with Crippen molar-refractivity contribution in [2.75, 3.05) is 19.6 Å². The van der Waals surface area contributed by atoms with E-state index in [1.54, 1.807) is 0 Å². The van der Waals surface area contributed by atoms with Crippen molar-refractivity contribution >= 4 is 5.91 Å². The third-order valence-corrected chi connectivity index (χ3v) is 2.40. The van der Waals surface area contributed by atoms with Crippen molar-refractivity contribution < 1.29 is 4.79 Å². The average Bonchev–Trinajstić information content (AvgIpc) is 2.17. The standard InChI is InChI=1S/C9H18N2O/c1-3-8-7-11(6-5-10-8)9(12)4-2/h8,10H,3-7H2,1-2H3. The summed E-state index contributed by atoms with van der Waals surface area (Å²) >= 11 is 0. The molecule has 1 atom stereocenters. The molecule has 3 heteroatoms. The second-order valence-corrected chi connectivity index (χ2v) is 3.25. The van der Waals surface area contributed by atoms with Crippen LogP contribution in [0.1, 0.15) is 26.7 Å². The summed E-state index contributed by atoms with van der Waals surface area (Å²) in [5.41, 5.74) is 0. The van der Waals surface area contributed by atoms with Crippen LogP contribution in [0.3, 0.4) is 0 Å². The van der Waals surface area contributed by atoms with Gasteiger partial charge >= 0.3 is 0 Å². The summed E-state index contributed by atoms with van der Waals surface area (Å²) in [5, 5.41) is 3.38. The second kappa shape index (κ2) is 4.45. The number of rotatable bonds is 2. The van der Waals surface area contributed by atoms with Gasteiger partial charge in [-0.1, -0.05) is 13.8 Å². The van der Waals surface area contributed by atoms with Crippen molar-refractivity contribution in [3.63, 3.8) is 0 Å². The molecule has 1 amide bonds. The van der Waals surface area contributed by atoms with Gasteiger partial charge < -0.3 is 10.2 Å². The first kappa shape index (κ1) is 9.52. The lowest BCUT2D eigenvalue weighted by atomic mass is 10.1. The lowest BCUT2D eigenvalue weighted by Gasteiger charge is -2.33. The molecular formula is C9H18N2O. The fraction of sp³-hybridized carbons (Fsp3) is 0.889. The van der Waals surface area contributed by atoms with E-state index in [9.17, 15) is 4.79 Å². The predicted octanol–water partition coefficient (Wildman–Crippen LogP) is 0.607. The molecule has 0 aromatic rings. The summed E-state index contributed by atoms with van der Waals surface area (Å²) in [6.45, 7) is 6.79. The quantitative estimate of drug-likeness (QED) is 0.658. The van der Waals surface area contributed by atoms with Gasteiger partial charge in [0.15, 0.2) is 0 Å². The Hall–Kier alpha value is -0.570. The molecule has 0 radical (unpaired) electrons. The lowest BCUT2D eigenvalue weighted by molar-refractivity contribution is -0.132. The highest BCUT2D eigenvalue weighted by molar-refractivity contribution is 5.75. The lowest BCUT2D eigenvalue weighted by Crippen LogP contribution is -2.52. The molecule has 3 nitrogen and oxygen atoms in total. The molecule has 12 heavy (non-hydrogen) atoms. The zero-order valence-corrected chi connectivity index (χ0v) is 7.97. The number of nitrogens with one attached hydrogen (secondary N) is 1. The van der Waals surface area contributed by atoms with Crippen molar-refractivity contribution in [2.45, 2.75) is 32.7 Å². The van der Waals surface area contributed by atoms with Crippen LogP contribution in [0.15, 0.2) is 0 Å². The number of hydrogen-bond donors (Lipinski definition) is 1. The molecule has 1 aliphatic rings. The molecular weight excluding hydrogens is 152 g/mol. The maximum atomic E-state index is 11.3. The van der Waals surface area contributed by atoms with E-state index in [4.69, 9.17) is 0 Å². The number of carbonyl (C=O) groups is 1. The first-order chi connectivity index (χ1) is 5.77. The average molecular weight is 170 g/mol. The van der Waals surface area contributed by atoms with Gasteiger partial charge in [0.2, 0.25) is 5.91 Å². The van der Waals surface area contributed by atoms with Gasteiger partial charge in [-0.3, -0.25) is 4.79 Å². The van der Waals surface area contributed by atoms with Crippen LogP contribution in [0.5, 0.6) is 0 Å². The van der Waals surface area contributed by atoms with Crippen molar-refractivity contribution in [3.05, 3.63) is 0 Å². The molecule has 0 aromatic carbocycles.